The quantitative estimate of drug-likeness (QED) is 0.680. The van der Waals surface area contributed by atoms with Gasteiger partial charge in [-0.3, -0.25) is 0 Å². The van der Waals surface area contributed by atoms with Crippen molar-refractivity contribution in [2.75, 3.05) is 18.4 Å². The Morgan fingerprint density at radius 2 is 2.27 bits per heavy atom. The Labute approximate surface area is 128 Å². The van der Waals surface area contributed by atoms with Crippen molar-refractivity contribution < 1.29 is 14.5 Å². The molecule has 0 aromatic carbocycles. The van der Waals surface area contributed by atoms with Crippen molar-refractivity contribution >= 4 is 17.6 Å². The maximum absolute atomic E-state index is 12.0. The van der Waals surface area contributed by atoms with E-state index in [0.29, 0.717) is 25.2 Å². The molecule has 8 heteroatoms. The zero-order valence-electron chi connectivity index (χ0n) is 12.9. The molecule has 1 N–H and O–H groups in total. The monoisotopic (exact) mass is 308 g/mol. The fourth-order valence-electron chi connectivity index (χ4n) is 2.25. The number of nitrogens with one attached hydrogen (secondary N) is 1. The van der Waals surface area contributed by atoms with E-state index >= 15 is 0 Å². The molecule has 0 unspecified atom stereocenters. The van der Waals surface area contributed by atoms with Gasteiger partial charge in [0.15, 0.2) is 0 Å². The van der Waals surface area contributed by atoms with E-state index in [4.69, 9.17) is 4.74 Å². The highest BCUT2D eigenvalue weighted by atomic mass is 16.6. The fourth-order valence-corrected chi connectivity index (χ4v) is 2.25. The highest BCUT2D eigenvalue weighted by molar-refractivity contribution is 5.69. The molecule has 0 radical (unpaired) electrons. The highest BCUT2D eigenvalue weighted by Gasteiger charge is 2.30. The molecule has 0 spiro atoms. The first-order valence-electron chi connectivity index (χ1n) is 7.10. The molecule has 0 saturated carbocycles. The van der Waals surface area contributed by atoms with Gasteiger partial charge in [-0.25, -0.2) is 4.79 Å². The Balaban J connectivity index is 1.97. The summed E-state index contributed by atoms with van der Waals surface area (Å²) < 4.78 is 5.32. The van der Waals surface area contributed by atoms with Crippen molar-refractivity contribution in [2.45, 2.75) is 38.8 Å². The first kappa shape index (κ1) is 16.0. The van der Waals surface area contributed by atoms with Crippen molar-refractivity contribution in [1.82, 2.24) is 9.88 Å². The van der Waals surface area contributed by atoms with Gasteiger partial charge in [0.2, 0.25) is 0 Å². The molecule has 8 nitrogen and oxygen atoms in total. The van der Waals surface area contributed by atoms with Gasteiger partial charge in [0.05, 0.1) is 0 Å². The van der Waals surface area contributed by atoms with Crippen molar-refractivity contribution in [3.8, 4) is 0 Å². The maximum Gasteiger partial charge on any atom is 0.410 e. The number of likely N-dealkylation sites (tertiary alicyclic amines) is 1. The van der Waals surface area contributed by atoms with Crippen LogP contribution in [0.3, 0.4) is 0 Å². The van der Waals surface area contributed by atoms with Crippen LogP contribution in [0.1, 0.15) is 27.2 Å². The summed E-state index contributed by atoms with van der Waals surface area (Å²) in [6.07, 6.45) is 1.72. The highest BCUT2D eigenvalue weighted by Crippen LogP contribution is 2.24. The zero-order chi connectivity index (χ0) is 16.3. The standard InChI is InChI=1S/C14H20N4O4/c1-14(2,3)22-13(19)17-8-6-10(9-17)16-11-5-4-7-15-12(11)18(20)21/h4-5,7,10,16H,6,8-9H2,1-3H3/t10-/m0/s1. The van der Waals surface area contributed by atoms with Crippen LogP contribution in [-0.2, 0) is 4.74 Å². The molecule has 120 valence electrons. The molecule has 1 fully saturated rings. The van der Waals surface area contributed by atoms with E-state index in [9.17, 15) is 14.9 Å². The van der Waals surface area contributed by atoms with Crippen LogP contribution < -0.4 is 5.32 Å². The number of ether oxygens (including phenoxy) is 1. The Hall–Kier alpha value is -2.38. The average molecular weight is 308 g/mol. The number of hydrogen-bond donors (Lipinski definition) is 1. The van der Waals surface area contributed by atoms with Gasteiger partial charge in [0, 0.05) is 19.1 Å². The lowest BCUT2D eigenvalue weighted by Gasteiger charge is -2.24. The number of carbonyl (C=O) groups excluding carboxylic acids is 1. The largest absolute Gasteiger partial charge is 0.444 e. The molecule has 1 aliphatic heterocycles. The van der Waals surface area contributed by atoms with Crippen molar-refractivity contribution in [1.29, 1.82) is 0 Å². The third-order valence-electron chi connectivity index (χ3n) is 3.16. The number of nitro groups is 1. The Bertz CT molecular complexity index is 570. The summed E-state index contributed by atoms with van der Waals surface area (Å²) in [6.45, 7) is 6.45. The molecule has 2 rings (SSSR count). The second-order valence-corrected chi connectivity index (χ2v) is 6.19. The zero-order valence-corrected chi connectivity index (χ0v) is 12.9. The fraction of sp³-hybridized carbons (Fsp3) is 0.571. The second kappa shape index (κ2) is 6.17. The molecule has 1 aromatic heterocycles. The number of hydrogen-bond acceptors (Lipinski definition) is 6. The Morgan fingerprint density at radius 1 is 1.55 bits per heavy atom. The summed E-state index contributed by atoms with van der Waals surface area (Å²) in [5.41, 5.74) is -0.173. The Kier molecular flexibility index (Phi) is 4.48. The molecule has 1 saturated heterocycles. The third-order valence-corrected chi connectivity index (χ3v) is 3.16. The van der Waals surface area contributed by atoms with Crippen LogP contribution in [0.25, 0.3) is 0 Å². The normalized spacial score (nSPS) is 18.1. The van der Waals surface area contributed by atoms with E-state index in [-0.39, 0.29) is 18.0 Å². The topological polar surface area (TPSA) is 97.6 Å². The molecule has 22 heavy (non-hydrogen) atoms. The van der Waals surface area contributed by atoms with E-state index in [1.54, 1.807) is 17.0 Å². The van der Waals surface area contributed by atoms with Gasteiger partial charge < -0.3 is 25.1 Å². The van der Waals surface area contributed by atoms with Gasteiger partial charge in [-0.15, -0.1) is 0 Å². The average Bonchev–Trinajstić information content (AvgIpc) is 2.86. The van der Waals surface area contributed by atoms with E-state index in [1.165, 1.54) is 6.20 Å². The van der Waals surface area contributed by atoms with Crippen LogP contribution in [0.2, 0.25) is 0 Å². The third kappa shape index (κ3) is 4.06. The summed E-state index contributed by atoms with van der Waals surface area (Å²) >= 11 is 0. The summed E-state index contributed by atoms with van der Waals surface area (Å²) in [6, 6.07) is 3.19. The molecule has 1 aliphatic rings. The minimum Gasteiger partial charge on any atom is -0.444 e. The van der Waals surface area contributed by atoms with Gasteiger partial charge in [0.1, 0.15) is 17.5 Å². The number of anilines is 1. The smallest absolute Gasteiger partial charge is 0.410 e. The SMILES string of the molecule is CC(C)(C)OC(=O)N1CC[C@H](Nc2cccnc2[N+](=O)[O-])C1. The summed E-state index contributed by atoms with van der Waals surface area (Å²) in [7, 11) is 0. The van der Waals surface area contributed by atoms with Gasteiger partial charge in [-0.2, -0.15) is 0 Å². The maximum atomic E-state index is 12.0. The van der Waals surface area contributed by atoms with Crippen molar-refractivity contribution in [3.05, 3.63) is 28.4 Å². The summed E-state index contributed by atoms with van der Waals surface area (Å²) in [5.74, 6) is -0.210. The molecular formula is C14H20N4O4. The molecular weight excluding hydrogens is 288 g/mol. The number of aromatic nitrogens is 1. The molecule has 1 aromatic rings. The van der Waals surface area contributed by atoms with Gasteiger partial charge in [-0.05, 0) is 49.2 Å². The number of amides is 1. The lowest BCUT2D eigenvalue weighted by Crippen LogP contribution is -2.36. The summed E-state index contributed by atoms with van der Waals surface area (Å²) in [4.78, 5) is 27.8. The van der Waals surface area contributed by atoms with E-state index in [0.717, 1.165) is 0 Å². The van der Waals surface area contributed by atoms with Crippen LogP contribution in [0.15, 0.2) is 18.3 Å². The minimum absolute atomic E-state index is 0.0598. The van der Waals surface area contributed by atoms with Crippen LogP contribution in [0.5, 0.6) is 0 Å². The number of pyridine rings is 1. The molecule has 0 bridgehead atoms. The van der Waals surface area contributed by atoms with Crippen molar-refractivity contribution in [2.24, 2.45) is 0 Å². The molecule has 1 atom stereocenters. The Morgan fingerprint density at radius 3 is 2.91 bits per heavy atom. The summed E-state index contributed by atoms with van der Waals surface area (Å²) in [5, 5.41) is 14.0. The molecule has 0 aliphatic carbocycles. The molecule has 2 heterocycles. The number of nitrogens with zero attached hydrogens (tertiary/aromatic N) is 3. The second-order valence-electron chi connectivity index (χ2n) is 6.19. The lowest BCUT2D eigenvalue weighted by atomic mass is 10.2. The van der Waals surface area contributed by atoms with E-state index < -0.39 is 10.5 Å². The van der Waals surface area contributed by atoms with Crippen LogP contribution in [0.4, 0.5) is 16.3 Å². The van der Waals surface area contributed by atoms with Crippen molar-refractivity contribution in [3.63, 3.8) is 0 Å². The first-order valence-corrected chi connectivity index (χ1v) is 7.10. The van der Waals surface area contributed by atoms with Gasteiger partial charge >= 0.3 is 11.9 Å². The molecule has 1 amide bonds. The lowest BCUT2D eigenvalue weighted by molar-refractivity contribution is -0.388. The first-order chi connectivity index (χ1) is 10.3. The van der Waals surface area contributed by atoms with Crippen LogP contribution in [-0.4, -0.2) is 45.6 Å². The predicted molar refractivity (Wildman–Crippen MR) is 80.7 cm³/mol. The number of rotatable bonds is 3. The van der Waals surface area contributed by atoms with Crippen LogP contribution in [0, 0.1) is 10.1 Å². The van der Waals surface area contributed by atoms with E-state index in [2.05, 4.69) is 10.3 Å². The van der Waals surface area contributed by atoms with Crippen LogP contribution >= 0.6 is 0 Å². The van der Waals surface area contributed by atoms with Gasteiger partial charge in [0.25, 0.3) is 0 Å². The van der Waals surface area contributed by atoms with E-state index in [1.807, 2.05) is 20.8 Å². The minimum atomic E-state index is -0.537. The predicted octanol–water partition coefficient (Wildman–Crippen LogP) is 2.41. The number of carbonyl (C=O) groups is 1. The van der Waals surface area contributed by atoms with Gasteiger partial charge in [-0.1, -0.05) is 0 Å².